The number of methoxy groups -OCH3 is 1. The second-order valence-corrected chi connectivity index (χ2v) is 11.6. The van der Waals surface area contributed by atoms with E-state index in [0.29, 0.717) is 17.4 Å². The summed E-state index contributed by atoms with van der Waals surface area (Å²) in [6, 6.07) is 0. The summed E-state index contributed by atoms with van der Waals surface area (Å²) >= 11 is 0. The Morgan fingerprint density at radius 3 is 2.39 bits per heavy atom. The van der Waals surface area contributed by atoms with Crippen molar-refractivity contribution < 1.29 is 24.2 Å². The summed E-state index contributed by atoms with van der Waals surface area (Å²) in [4.78, 5) is 25.7. The van der Waals surface area contributed by atoms with Gasteiger partial charge in [-0.2, -0.15) is 0 Å². The van der Waals surface area contributed by atoms with Crippen molar-refractivity contribution in [3.63, 3.8) is 0 Å². The zero-order valence-corrected chi connectivity index (χ0v) is 20.3. The van der Waals surface area contributed by atoms with Crippen LogP contribution in [0.4, 0.5) is 0 Å². The molecule has 3 fully saturated rings. The van der Waals surface area contributed by atoms with Gasteiger partial charge in [-0.1, -0.05) is 27.7 Å². The second kappa shape index (κ2) is 6.69. The maximum atomic E-state index is 13.2. The quantitative estimate of drug-likeness (QED) is 0.481. The third kappa shape index (κ3) is 2.59. The molecule has 0 radical (unpaired) electrons. The van der Waals surface area contributed by atoms with Crippen LogP contribution in [0.15, 0.2) is 22.5 Å². The van der Waals surface area contributed by atoms with Crippen molar-refractivity contribution >= 4 is 11.8 Å². The minimum absolute atomic E-state index is 0.129. The van der Waals surface area contributed by atoms with Gasteiger partial charge in [0.15, 0.2) is 5.78 Å². The Kier molecular flexibility index (Phi) is 4.87. The van der Waals surface area contributed by atoms with E-state index >= 15 is 0 Å². The molecule has 5 nitrogen and oxygen atoms in total. The van der Waals surface area contributed by atoms with Crippen molar-refractivity contribution in [3.8, 4) is 0 Å². The van der Waals surface area contributed by atoms with Crippen LogP contribution >= 0.6 is 0 Å². The summed E-state index contributed by atoms with van der Waals surface area (Å²) in [5.41, 5.74) is 0.173. The number of ketones is 1. The number of fused-ring (bicyclic) bond motifs is 3. The van der Waals surface area contributed by atoms with Crippen LogP contribution in [0.3, 0.4) is 0 Å². The second-order valence-electron chi connectivity index (χ2n) is 11.6. The molecular formula is C26H38O5. The maximum Gasteiger partial charge on any atom is 0.341 e. The van der Waals surface area contributed by atoms with Gasteiger partial charge in [-0.3, -0.25) is 4.79 Å². The Bertz CT molecular complexity index is 911. The smallest absolute Gasteiger partial charge is 0.341 e. The van der Waals surface area contributed by atoms with Gasteiger partial charge in [-0.15, -0.1) is 0 Å². The molecule has 1 aliphatic heterocycles. The molecule has 4 rings (SSSR count). The molecule has 31 heavy (non-hydrogen) atoms. The van der Waals surface area contributed by atoms with Crippen LogP contribution < -0.4 is 0 Å². The van der Waals surface area contributed by atoms with Crippen molar-refractivity contribution in [1.82, 2.24) is 0 Å². The fourth-order valence-corrected chi connectivity index (χ4v) is 7.85. The highest BCUT2D eigenvalue weighted by atomic mass is 16.5. The summed E-state index contributed by atoms with van der Waals surface area (Å²) in [6.07, 6.45) is 4.18. The lowest BCUT2D eigenvalue weighted by Crippen LogP contribution is -2.64. The number of esters is 1. The molecule has 6 atom stereocenters. The molecule has 1 heterocycles. The third-order valence-corrected chi connectivity index (χ3v) is 10.0. The van der Waals surface area contributed by atoms with E-state index in [4.69, 9.17) is 9.47 Å². The van der Waals surface area contributed by atoms with E-state index in [-0.39, 0.29) is 28.3 Å². The lowest BCUT2D eigenvalue weighted by Gasteiger charge is -2.64. The number of allylic oxidation sites excluding steroid dienone is 2. The lowest BCUT2D eigenvalue weighted by atomic mass is 9.43. The topological polar surface area (TPSA) is 72.8 Å². The van der Waals surface area contributed by atoms with E-state index in [0.717, 1.165) is 43.4 Å². The van der Waals surface area contributed by atoms with Crippen LogP contribution in [0.5, 0.6) is 0 Å². The van der Waals surface area contributed by atoms with Crippen LogP contribution in [0.25, 0.3) is 0 Å². The van der Waals surface area contributed by atoms with E-state index in [1.165, 1.54) is 7.11 Å². The van der Waals surface area contributed by atoms with E-state index < -0.39 is 17.0 Å². The summed E-state index contributed by atoms with van der Waals surface area (Å²) in [5, 5.41) is 10.8. The summed E-state index contributed by atoms with van der Waals surface area (Å²) in [6.45, 7) is 14.8. The molecule has 4 aliphatic rings. The SMILES string of the molecule is COC(=O)C1=C(C)C2(C)CC3(OC2=C(C)C1=O)C(C)CCC1C(C)(C)C(O)CCC13C. The number of aliphatic hydroxyl groups is 1. The van der Waals surface area contributed by atoms with Gasteiger partial charge in [0, 0.05) is 17.4 Å². The van der Waals surface area contributed by atoms with Crippen LogP contribution in [-0.2, 0) is 19.1 Å². The monoisotopic (exact) mass is 430 g/mol. The van der Waals surface area contributed by atoms with Gasteiger partial charge >= 0.3 is 5.97 Å². The fourth-order valence-electron chi connectivity index (χ4n) is 7.85. The van der Waals surface area contributed by atoms with Crippen molar-refractivity contribution in [2.24, 2.45) is 28.1 Å². The molecule has 1 saturated heterocycles. The zero-order valence-electron chi connectivity index (χ0n) is 20.3. The van der Waals surface area contributed by atoms with Gasteiger partial charge in [0.25, 0.3) is 0 Å². The molecule has 0 aromatic rings. The number of hydrogen-bond acceptors (Lipinski definition) is 5. The molecule has 1 spiro atoms. The number of rotatable bonds is 1. The molecule has 2 saturated carbocycles. The van der Waals surface area contributed by atoms with E-state index in [9.17, 15) is 14.7 Å². The van der Waals surface area contributed by atoms with Crippen molar-refractivity contribution in [1.29, 1.82) is 0 Å². The number of ether oxygens (including phenoxy) is 2. The highest BCUT2D eigenvalue weighted by molar-refractivity contribution is 6.25. The summed E-state index contributed by atoms with van der Waals surface area (Å²) < 4.78 is 12.0. The van der Waals surface area contributed by atoms with E-state index in [1.807, 2.05) is 6.92 Å². The average molecular weight is 431 g/mol. The van der Waals surface area contributed by atoms with Gasteiger partial charge < -0.3 is 14.6 Å². The fraction of sp³-hybridized carbons (Fsp3) is 0.769. The minimum atomic E-state index is -0.564. The Morgan fingerprint density at radius 2 is 1.77 bits per heavy atom. The molecule has 5 heteroatoms. The number of carbonyl (C=O) groups is 2. The Morgan fingerprint density at radius 1 is 1.13 bits per heavy atom. The Balaban J connectivity index is 1.89. The van der Waals surface area contributed by atoms with Crippen molar-refractivity contribution in [3.05, 3.63) is 22.5 Å². The summed E-state index contributed by atoms with van der Waals surface area (Å²) in [5.74, 6) is 0.529. The predicted molar refractivity (Wildman–Crippen MR) is 118 cm³/mol. The van der Waals surface area contributed by atoms with Crippen LogP contribution in [0.2, 0.25) is 0 Å². The largest absolute Gasteiger partial charge is 0.489 e. The van der Waals surface area contributed by atoms with Gasteiger partial charge in [0.1, 0.15) is 16.9 Å². The number of Topliss-reactive ketones (excluding diaryl/α,β-unsaturated/α-hetero) is 1. The van der Waals surface area contributed by atoms with Crippen LogP contribution in [0, 0.1) is 28.1 Å². The van der Waals surface area contributed by atoms with Gasteiger partial charge in [-0.25, -0.2) is 4.79 Å². The molecule has 6 unspecified atom stereocenters. The highest BCUT2D eigenvalue weighted by Crippen LogP contribution is 2.71. The molecule has 0 amide bonds. The molecule has 3 aliphatic carbocycles. The van der Waals surface area contributed by atoms with Gasteiger partial charge in [0.2, 0.25) is 0 Å². The third-order valence-electron chi connectivity index (χ3n) is 10.0. The zero-order chi connectivity index (χ0) is 23.1. The van der Waals surface area contributed by atoms with Crippen molar-refractivity contribution in [2.75, 3.05) is 7.11 Å². The average Bonchev–Trinajstić information content (AvgIpc) is 3.04. The molecule has 0 aromatic heterocycles. The molecule has 0 bridgehead atoms. The molecular weight excluding hydrogens is 392 g/mol. The van der Waals surface area contributed by atoms with Gasteiger partial charge in [-0.05, 0) is 69.3 Å². The Labute approximate surface area is 186 Å². The maximum absolute atomic E-state index is 13.2. The van der Waals surface area contributed by atoms with E-state index in [2.05, 4.69) is 34.6 Å². The van der Waals surface area contributed by atoms with E-state index in [1.54, 1.807) is 6.92 Å². The number of carbonyl (C=O) groups excluding carboxylic acids is 2. The molecule has 172 valence electrons. The number of hydrogen-bond donors (Lipinski definition) is 1. The van der Waals surface area contributed by atoms with Crippen LogP contribution in [-0.4, -0.2) is 35.7 Å². The lowest BCUT2D eigenvalue weighted by molar-refractivity contribution is -0.225. The predicted octanol–water partition coefficient (Wildman–Crippen LogP) is 4.73. The molecule has 1 N–H and O–H groups in total. The van der Waals surface area contributed by atoms with Crippen molar-refractivity contribution in [2.45, 2.75) is 92.3 Å². The highest BCUT2D eigenvalue weighted by Gasteiger charge is 2.70. The van der Waals surface area contributed by atoms with Crippen LogP contribution in [0.1, 0.15) is 80.6 Å². The number of aliphatic hydroxyl groups excluding tert-OH is 1. The first-order valence-electron chi connectivity index (χ1n) is 11.7. The first kappa shape index (κ1) is 22.6. The Hall–Kier alpha value is -1.62. The molecule has 0 aromatic carbocycles. The first-order chi connectivity index (χ1) is 14.3. The summed E-state index contributed by atoms with van der Waals surface area (Å²) in [7, 11) is 1.32. The normalized spacial score (nSPS) is 44.2. The van der Waals surface area contributed by atoms with Gasteiger partial charge in [0.05, 0.1) is 18.6 Å². The first-order valence-corrected chi connectivity index (χ1v) is 11.7. The standard InChI is InChI=1S/C26H38O5/c1-14-9-10-17-23(4,5)18(27)11-12-25(17,7)26(14)13-24(6)16(3)19(22(29)30-8)20(28)15(2)21(24)31-26/h14,17-18,27H,9-13H2,1-8H3. The minimum Gasteiger partial charge on any atom is -0.489 e.